The Morgan fingerprint density at radius 3 is 2.48 bits per heavy atom. The number of ether oxygens (including phenoxy) is 1. The lowest BCUT2D eigenvalue weighted by Gasteiger charge is -2.16. The molecule has 0 fully saturated rings. The maximum Gasteiger partial charge on any atom is 0.326 e. The van der Waals surface area contributed by atoms with Crippen LogP contribution in [0.4, 0.5) is 0 Å². The van der Waals surface area contributed by atoms with E-state index in [1.54, 1.807) is 12.1 Å². The van der Waals surface area contributed by atoms with E-state index >= 15 is 0 Å². The van der Waals surface area contributed by atoms with Gasteiger partial charge in [0, 0.05) is 6.07 Å². The van der Waals surface area contributed by atoms with Gasteiger partial charge in [0.1, 0.15) is 11.8 Å². The fourth-order valence-electron chi connectivity index (χ4n) is 1.64. The number of aliphatic carboxylic acids is 1. The summed E-state index contributed by atoms with van der Waals surface area (Å²) in [6.45, 7) is 3.47. The number of hydrogen-bond acceptors (Lipinski definition) is 3. The van der Waals surface area contributed by atoms with Crippen LogP contribution in [0.3, 0.4) is 0 Å². The molecule has 0 aliphatic heterocycles. The van der Waals surface area contributed by atoms with E-state index in [0.717, 1.165) is 0 Å². The minimum Gasteiger partial charge on any atom is -0.484 e. The number of hydrogen-bond donors (Lipinski definition) is 2. The van der Waals surface area contributed by atoms with Gasteiger partial charge in [0.2, 0.25) is 0 Å². The van der Waals surface area contributed by atoms with Crippen molar-refractivity contribution in [3.05, 3.63) is 28.2 Å². The third-order valence-electron chi connectivity index (χ3n) is 2.60. The van der Waals surface area contributed by atoms with Gasteiger partial charge in [-0.15, -0.1) is 0 Å². The largest absolute Gasteiger partial charge is 0.484 e. The maximum atomic E-state index is 11.7. The number of nitrogens with one attached hydrogen (secondary N) is 1. The fourth-order valence-corrected chi connectivity index (χ4v) is 1.93. The monoisotopic (exact) mass is 333 g/mol. The Morgan fingerprint density at radius 2 is 1.95 bits per heavy atom. The molecule has 5 nitrogen and oxygen atoms in total. The molecule has 21 heavy (non-hydrogen) atoms. The number of benzene rings is 1. The molecule has 0 spiro atoms. The molecular formula is C14H17Cl2NO4. The van der Waals surface area contributed by atoms with Crippen molar-refractivity contribution in [1.82, 2.24) is 5.32 Å². The summed E-state index contributed by atoms with van der Waals surface area (Å²) in [6, 6.07) is 3.69. The third-order valence-corrected chi connectivity index (χ3v) is 3.34. The first-order chi connectivity index (χ1) is 9.79. The summed E-state index contributed by atoms with van der Waals surface area (Å²) in [7, 11) is 0. The Morgan fingerprint density at radius 1 is 1.29 bits per heavy atom. The first-order valence-corrected chi connectivity index (χ1v) is 7.15. The van der Waals surface area contributed by atoms with E-state index in [-0.39, 0.29) is 12.5 Å². The van der Waals surface area contributed by atoms with Gasteiger partial charge >= 0.3 is 5.97 Å². The molecule has 0 radical (unpaired) electrons. The molecule has 2 N–H and O–H groups in total. The molecule has 7 heteroatoms. The SMILES string of the molecule is CC(C)C[C@@H](NC(=O)COc1ccc(Cl)c(Cl)c1)C(=O)O. The van der Waals surface area contributed by atoms with E-state index < -0.39 is 17.9 Å². The lowest BCUT2D eigenvalue weighted by atomic mass is 10.0. The van der Waals surface area contributed by atoms with Crippen molar-refractivity contribution in [3.8, 4) is 5.75 Å². The van der Waals surface area contributed by atoms with Crippen LogP contribution in [0.15, 0.2) is 18.2 Å². The van der Waals surface area contributed by atoms with E-state index in [4.69, 9.17) is 33.0 Å². The quantitative estimate of drug-likeness (QED) is 0.804. The fraction of sp³-hybridized carbons (Fsp3) is 0.429. The lowest BCUT2D eigenvalue weighted by molar-refractivity contribution is -0.142. The minimum atomic E-state index is -1.06. The second kappa shape index (κ2) is 8.10. The maximum absolute atomic E-state index is 11.7. The summed E-state index contributed by atoms with van der Waals surface area (Å²) in [6.07, 6.45) is 0.355. The van der Waals surface area contributed by atoms with Crippen LogP contribution in [-0.2, 0) is 9.59 Å². The van der Waals surface area contributed by atoms with E-state index in [2.05, 4.69) is 5.32 Å². The molecule has 1 amide bonds. The molecule has 0 unspecified atom stereocenters. The minimum absolute atomic E-state index is 0.155. The summed E-state index contributed by atoms with van der Waals surface area (Å²) < 4.78 is 5.24. The van der Waals surface area contributed by atoms with Crippen LogP contribution in [0.25, 0.3) is 0 Å². The molecule has 0 heterocycles. The molecule has 1 aromatic carbocycles. The van der Waals surface area contributed by atoms with Crippen molar-refractivity contribution in [3.63, 3.8) is 0 Å². The number of amides is 1. The van der Waals surface area contributed by atoms with Gasteiger partial charge in [-0.05, 0) is 24.5 Å². The van der Waals surface area contributed by atoms with Gasteiger partial charge in [-0.3, -0.25) is 4.79 Å². The van der Waals surface area contributed by atoms with Gasteiger partial charge in [0.05, 0.1) is 10.0 Å². The Labute approximate surface area is 133 Å². The first kappa shape index (κ1) is 17.6. The normalized spacial score (nSPS) is 12.0. The molecule has 0 bridgehead atoms. The van der Waals surface area contributed by atoms with E-state index in [9.17, 15) is 9.59 Å². The van der Waals surface area contributed by atoms with Crippen LogP contribution in [0.2, 0.25) is 10.0 Å². The van der Waals surface area contributed by atoms with Gasteiger partial charge < -0.3 is 15.2 Å². The van der Waals surface area contributed by atoms with Crippen LogP contribution in [-0.4, -0.2) is 29.6 Å². The standard InChI is InChI=1S/C14H17Cl2NO4/c1-8(2)5-12(14(19)20)17-13(18)7-21-9-3-4-10(15)11(16)6-9/h3-4,6,8,12H,5,7H2,1-2H3,(H,17,18)(H,19,20)/t12-/m1/s1. The van der Waals surface area contributed by atoms with E-state index in [1.807, 2.05) is 13.8 Å². The van der Waals surface area contributed by atoms with Gasteiger partial charge in [-0.1, -0.05) is 37.0 Å². The number of carboxylic acid groups (broad SMARTS) is 1. The average molecular weight is 334 g/mol. The van der Waals surface area contributed by atoms with Crippen molar-refractivity contribution in [1.29, 1.82) is 0 Å². The number of carboxylic acids is 1. The highest BCUT2D eigenvalue weighted by Crippen LogP contribution is 2.26. The summed E-state index contributed by atoms with van der Waals surface area (Å²) in [5.74, 6) is -1.03. The molecular weight excluding hydrogens is 317 g/mol. The van der Waals surface area contributed by atoms with Crippen LogP contribution in [0, 0.1) is 5.92 Å². The molecule has 116 valence electrons. The van der Waals surface area contributed by atoms with Crippen molar-refractivity contribution in [2.24, 2.45) is 5.92 Å². The highest BCUT2D eigenvalue weighted by molar-refractivity contribution is 6.42. The predicted molar refractivity (Wildman–Crippen MR) is 81.0 cm³/mol. The smallest absolute Gasteiger partial charge is 0.326 e. The number of rotatable bonds is 7. The predicted octanol–water partition coefficient (Wildman–Crippen LogP) is 2.99. The molecule has 0 aliphatic rings. The Balaban J connectivity index is 2.52. The topological polar surface area (TPSA) is 75.6 Å². The number of carbonyl (C=O) groups excluding carboxylic acids is 1. The van der Waals surface area contributed by atoms with Gasteiger partial charge in [0.25, 0.3) is 5.91 Å². The Bertz CT molecular complexity index is 520. The number of carbonyl (C=O) groups is 2. The summed E-state index contributed by atoms with van der Waals surface area (Å²) in [5, 5.41) is 12.2. The van der Waals surface area contributed by atoms with Crippen LogP contribution in [0.1, 0.15) is 20.3 Å². The summed E-state index contributed by atoms with van der Waals surface area (Å²) in [4.78, 5) is 22.7. The van der Waals surface area contributed by atoms with Crippen LogP contribution in [0.5, 0.6) is 5.75 Å². The molecule has 1 rings (SSSR count). The van der Waals surface area contributed by atoms with Crippen molar-refractivity contribution in [2.75, 3.05) is 6.61 Å². The number of halogens is 2. The van der Waals surface area contributed by atoms with Gasteiger partial charge in [0.15, 0.2) is 6.61 Å². The Hall–Kier alpha value is -1.46. The molecule has 0 saturated heterocycles. The van der Waals surface area contributed by atoms with E-state index in [0.29, 0.717) is 22.2 Å². The van der Waals surface area contributed by atoms with Crippen LogP contribution < -0.4 is 10.1 Å². The zero-order chi connectivity index (χ0) is 16.0. The first-order valence-electron chi connectivity index (χ1n) is 6.39. The average Bonchev–Trinajstić information content (AvgIpc) is 2.38. The zero-order valence-electron chi connectivity index (χ0n) is 11.7. The highest BCUT2D eigenvalue weighted by Gasteiger charge is 2.21. The van der Waals surface area contributed by atoms with Crippen molar-refractivity contribution >= 4 is 35.1 Å². The van der Waals surface area contributed by atoms with Crippen molar-refractivity contribution < 1.29 is 19.4 Å². The molecule has 0 aromatic heterocycles. The summed E-state index contributed by atoms with van der Waals surface area (Å²) in [5.41, 5.74) is 0. The van der Waals surface area contributed by atoms with Gasteiger partial charge in [-0.2, -0.15) is 0 Å². The molecule has 0 aliphatic carbocycles. The molecule has 1 atom stereocenters. The molecule has 0 saturated carbocycles. The Kier molecular flexibility index (Phi) is 6.78. The third kappa shape index (κ3) is 6.23. The van der Waals surface area contributed by atoms with E-state index in [1.165, 1.54) is 6.07 Å². The highest BCUT2D eigenvalue weighted by atomic mass is 35.5. The lowest BCUT2D eigenvalue weighted by Crippen LogP contribution is -2.43. The summed E-state index contributed by atoms with van der Waals surface area (Å²) >= 11 is 11.6. The van der Waals surface area contributed by atoms with Crippen molar-refractivity contribution in [2.45, 2.75) is 26.3 Å². The second-order valence-corrected chi connectivity index (χ2v) is 5.77. The van der Waals surface area contributed by atoms with Crippen LogP contribution >= 0.6 is 23.2 Å². The van der Waals surface area contributed by atoms with Gasteiger partial charge in [-0.25, -0.2) is 4.79 Å². The second-order valence-electron chi connectivity index (χ2n) is 4.95. The molecule has 1 aromatic rings. The zero-order valence-corrected chi connectivity index (χ0v) is 13.2.